The number of phosphoric acid groups is 1. The summed E-state index contributed by atoms with van der Waals surface area (Å²) in [4.78, 5) is 43.5. The Balaban J connectivity index is 1.78. The number of carbonyl (C=O) groups excluding carboxylic acids is 2. The molecule has 0 unspecified atom stereocenters. The molecule has 0 saturated heterocycles. The van der Waals surface area contributed by atoms with E-state index in [2.05, 4.69) is 0 Å². The Bertz CT molecular complexity index is 935. The molecule has 0 aliphatic heterocycles. The number of hydrogen-bond acceptors (Lipinski definition) is 7. The minimum atomic E-state index is -4.95. The molecule has 10 heteroatoms. The van der Waals surface area contributed by atoms with Crippen LogP contribution in [0.4, 0.5) is 0 Å². The van der Waals surface area contributed by atoms with Crippen molar-refractivity contribution in [3.63, 3.8) is 0 Å². The van der Waals surface area contributed by atoms with E-state index < -0.39 is 54.4 Å². The fourth-order valence-corrected chi connectivity index (χ4v) is 7.74. The van der Waals surface area contributed by atoms with Crippen LogP contribution < -0.4 is 0 Å². The molecule has 3 fully saturated rings. The van der Waals surface area contributed by atoms with Crippen LogP contribution in [0.3, 0.4) is 0 Å². The minimum Gasteiger partial charge on any atom is -0.408 e. The number of ketones is 2. The predicted octanol–water partition coefficient (Wildman–Crippen LogP) is 0.995. The first-order valence-electron chi connectivity index (χ1n) is 10.5. The standard InChI is InChI=1S/C21H29O9P/c1-19-9-15(24)18-13(14(19)5-6-21(19,26)16(25)10-22)4-3-11-7-12(23)8-17(20(11,18)2)30-31(27,28)29/h7-8,13-15,18,22,24,26H,3-6,9-10H2,1-2H3,(H2,27,28,29)/t13-,14-,15-,18+,19-,20+,21-/m0/s1. The van der Waals surface area contributed by atoms with E-state index in [4.69, 9.17) is 4.52 Å². The van der Waals surface area contributed by atoms with Gasteiger partial charge in [0.1, 0.15) is 18.0 Å². The fourth-order valence-electron chi connectivity index (χ4n) is 7.24. The molecule has 7 atom stereocenters. The summed E-state index contributed by atoms with van der Waals surface area (Å²) < 4.78 is 16.6. The Morgan fingerprint density at radius 3 is 2.55 bits per heavy atom. The fraction of sp³-hybridized carbons (Fsp3) is 0.714. The smallest absolute Gasteiger partial charge is 0.408 e. The van der Waals surface area contributed by atoms with Gasteiger partial charge in [-0.05, 0) is 56.9 Å². The predicted molar refractivity (Wildman–Crippen MR) is 107 cm³/mol. The van der Waals surface area contributed by atoms with E-state index in [1.807, 2.05) is 0 Å². The second kappa shape index (κ2) is 7.07. The van der Waals surface area contributed by atoms with Crippen molar-refractivity contribution in [1.29, 1.82) is 0 Å². The maximum absolute atomic E-state index is 12.5. The summed E-state index contributed by atoms with van der Waals surface area (Å²) in [5.74, 6) is -2.06. The van der Waals surface area contributed by atoms with Gasteiger partial charge in [-0.15, -0.1) is 0 Å². The third-order valence-electron chi connectivity index (χ3n) is 8.61. The quantitative estimate of drug-likeness (QED) is 0.389. The summed E-state index contributed by atoms with van der Waals surface area (Å²) >= 11 is 0. The van der Waals surface area contributed by atoms with Crippen molar-refractivity contribution in [3.05, 3.63) is 23.5 Å². The molecule has 4 aliphatic carbocycles. The van der Waals surface area contributed by atoms with Gasteiger partial charge in [-0.3, -0.25) is 19.4 Å². The summed E-state index contributed by atoms with van der Waals surface area (Å²) in [6.45, 7) is 2.73. The summed E-state index contributed by atoms with van der Waals surface area (Å²) in [5.41, 5.74) is -3.12. The molecule has 0 aromatic carbocycles. The van der Waals surface area contributed by atoms with Crippen LogP contribution in [0.1, 0.15) is 46.0 Å². The van der Waals surface area contributed by atoms with Crippen molar-refractivity contribution in [2.45, 2.75) is 57.7 Å². The first-order chi connectivity index (χ1) is 14.3. The second-order valence-electron chi connectivity index (χ2n) is 9.87. The van der Waals surface area contributed by atoms with E-state index in [1.165, 1.54) is 6.08 Å². The molecule has 9 nitrogen and oxygen atoms in total. The minimum absolute atomic E-state index is 0.0844. The summed E-state index contributed by atoms with van der Waals surface area (Å²) in [5, 5.41) is 32.0. The highest BCUT2D eigenvalue weighted by atomic mass is 31.2. The Morgan fingerprint density at radius 2 is 1.94 bits per heavy atom. The number of carbonyl (C=O) groups is 2. The number of rotatable bonds is 4. The lowest BCUT2D eigenvalue weighted by molar-refractivity contribution is -0.180. The lowest BCUT2D eigenvalue weighted by Gasteiger charge is -2.60. The Morgan fingerprint density at radius 1 is 1.26 bits per heavy atom. The Kier molecular flexibility index (Phi) is 5.21. The van der Waals surface area contributed by atoms with E-state index in [1.54, 1.807) is 13.8 Å². The van der Waals surface area contributed by atoms with Crippen molar-refractivity contribution < 1.29 is 43.8 Å². The number of Topliss-reactive ketones (excluding diaryl/α,β-unsaturated/α-hetero) is 1. The zero-order chi connectivity index (χ0) is 23.0. The van der Waals surface area contributed by atoms with Crippen LogP contribution in [-0.2, 0) is 18.7 Å². The number of phosphoric ester groups is 1. The van der Waals surface area contributed by atoms with Crippen LogP contribution >= 0.6 is 7.82 Å². The topological polar surface area (TPSA) is 162 Å². The van der Waals surface area contributed by atoms with Gasteiger partial charge in [-0.2, -0.15) is 0 Å². The SMILES string of the molecule is C[C@@]12C(=CC(=O)C=C1OP(=O)(O)O)CC[C@@H]1[C@@H]2[C@@H](O)C[C@@]2(C)[C@H]1CC[C@]2(O)C(=O)CO. The highest BCUT2D eigenvalue weighted by Crippen LogP contribution is 2.68. The van der Waals surface area contributed by atoms with Gasteiger partial charge in [0.2, 0.25) is 0 Å². The Hall–Kier alpha value is -1.35. The third-order valence-corrected chi connectivity index (χ3v) is 9.05. The molecule has 3 saturated carbocycles. The summed E-state index contributed by atoms with van der Waals surface area (Å²) in [6.07, 6.45) is 3.37. The summed E-state index contributed by atoms with van der Waals surface area (Å²) in [6, 6.07) is 0. The van der Waals surface area contributed by atoms with Gasteiger partial charge in [-0.25, -0.2) is 4.57 Å². The molecule has 0 heterocycles. The van der Waals surface area contributed by atoms with Gasteiger partial charge in [0.25, 0.3) is 0 Å². The van der Waals surface area contributed by atoms with Crippen LogP contribution in [0.5, 0.6) is 0 Å². The Labute approximate surface area is 180 Å². The molecule has 4 aliphatic rings. The van der Waals surface area contributed by atoms with Crippen LogP contribution in [0.25, 0.3) is 0 Å². The number of allylic oxidation sites excluding steroid dienone is 3. The van der Waals surface area contributed by atoms with E-state index >= 15 is 0 Å². The number of hydrogen-bond donors (Lipinski definition) is 5. The van der Waals surface area contributed by atoms with Crippen LogP contribution in [0.2, 0.25) is 0 Å². The molecule has 5 N–H and O–H groups in total. The zero-order valence-corrected chi connectivity index (χ0v) is 18.4. The van der Waals surface area contributed by atoms with Crippen molar-refractivity contribution >= 4 is 19.4 Å². The first-order valence-corrected chi connectivity index (χ1v) is 12.1. The maximum Gasteiger partial charge on any atom is 0.524 e. The lowest BCUT2D eigenvalue weighted by Crippen LogP contribution is -2.62. The van der Waals surface area contributed by atoms with Crippen molar-refractivity contribution in [2.24, 2.45) is 28.6 Å². The molecule has 0 bridgehead atoms. The molecular formula is C21H29O9P. The molecule has 172 valence electrons. The molecule has 0 amide bonds. The summed E-state index contributed by atoms with van der Waals surface area (Å²) in [7, 11) is -4.95. The molecular weight excluding hydrogens is 427 g/mol. The number of fused-ring (bicyclic) bond motifs is 5. The highest BCUT2D eigenvalue weighted by Gasteiger charge is 2.69. The number of aliphatic hydroxyl groups excluding tert-OH is 2. The van der Waals surface area contributed by atoms with Crippen molar-refractivity contribution in [2.75, 3.05) is 6.61 Å². The highest BCUT2D eigenvalue weighted by molar-refractivity contribution is 7.46. The maximum atomic E-state index is 12.5. The lowest BCUT2D eigenvalue weighted by atomic mass is 9.46. The van der Waals surface area contributed by atoms with E-state index in [0.29, 0.717) is 24.8 Å². The molecule has 0 aromatic heterocycles. The van der Waals surface area contributed by atoms with Crippen LogP contribution in [-0.4, -0.2) is 55.0 Å². The number of aliphatic hydroxyl groups is 3. The molecule has 0 radical (unpaired) electrons. The van der Waals surface area contributed by atoms with Crippen molar-refractivity contribution in [1.82, 2.24) is 0 Å². The molecule has 4 rings (SSSR count). The largest absolute Gasteiger partial charge is 0.524 e. The van der Waals surface area contributed by atoms with Gasteiger partial charge >= 0.3 is 7.82 Å². The van der Waals surface area contributed by atoms with E-state index in [-0.39, 0.29) is 30.4 Å². The first kappa shape index (κ1) is 22.8. The van der Waals surface area contributed by atoms with E-state index in [9.17, 15) is 39.3 Å². The van der Waals surface area contributed by atoms with Gasteiger partial charge in [0.15, 0.2) is 11.6 Å². The molecule has 0 aromatic rings. The molecule has 31 heavy (non-hydrogen) atoms. The zero-order valence-electron chi connectivity index (χ0n) is 17.5. The third kappa shape index (κ3) is 3.13. The van der Waals surface area contributed by atoms with Gasteiger partial charge < -0.3 is 19.8 Å². The van der Waals surface area contributed by atoms with E-state index in [0.717, 1.165) is 6.08 Å². The normalized spacial score (nSPS) is 44.5. The van der Waals surface area contributed by atoms with Gasteiger partial charge in [-0.1, -0.05) is 12.5 Å². The van der Waals surface area contributed by atoms with Gasteiger partial charge in [0, 0.05) is 17.4 Å². The van der Waals surface area contributed by atoms with Gasteiger partial charge in [0.05, 0.1) is 11.5 Å². The average molecular weight is 456 g/mol. The molecule has 0 spiro atoms. The second-order valence-corrected chi connectivity index (χ2v) is 11.0. The average Bonchev–Trinajstić information content (AvgIpc) is 2.92. The monoisotopic (exact) mass is 456 g/mol. The van der Waals surface area contributed by atoms with Crippen molar-refractivity contribution in [3.8, 4) is 0 Å². The van der Waals surface area contributed by atoms with Crippen LogP contribution in [0, 0.1) is 28.6 Å². The van der Waals surface area contributed by atoms with Crippen LogP contribution in [0.15, 0.2) is 23.5 Å².